The van der Waals surface area contributed by atoms with Gasteiger partial charge in [0.05, 0.1) is 6.54 Å². The number of nitrogens with zero attached hydrogens (tertiary/aromatic N) is 1. The van der Waals surface area contributed by atoms with Crippen LogP contribution >= 0.6 is 11.3 Å². The van der Waals surface area contributed by atoms with E-state index in [1.54, 1.807) is 18.3 Å². The van der Waals surface area contributed by atoms with Gasteiger partial charge in [0.2, 0.25) is 0 Å². The molecule has 6 heteroatoms. The van der Waals surface area contributed by atoms with Gasteiger partial charge in [-0.1, -0.05) is 0 Å². The monoisotopic (exact) mass is 250 g/mol. The fraction of sp³-hybridized carbons (Fsp3) is 0.273. The van der Waals surface area contributed by atoms with E-state index in [4.69, 9.17) is 5.73 Å². The smallest absolute Gasteiger partial charge is 0.257 e. The molecule has 2 rings (SSSR count). The highest BCUT2D eigenvalue weighted by Gasteiger charge is 2.15. The number of carbonyl (C=O) groups is 1. The molecule has 0 aromatic carbocycles. The molecule has 0 aliphatic heterocycles. The molecule has 2 heterocycles. The average molecular weight is 250 g/mol. The van der Waals surface area contributed by atoms with Crippen LogP contribution in [0.4, 0.5) is 5.82 Å². The van der Waals surface area contributed by atoms with Gasteiger partial charge in [-0.05, 0) is 26.0 Å². The van der Waals surface area contributed by atoms with E-state index in [9.17, 15) is 4.79 Å². The van der Waals surface area contributed by atoms with Crippen molar-refractivity contribution in [3.05, 3.63) is 33.1 Å². The van der Waals surface area contributed by atoms with E-state index < -0.39 is 0 Å². The molecule has 17 heavy (non-hydrogen) atoms. The number of H-pyrrole nitrogens is 1. The van der Waals surface area contributed by atoms with Crippen molar-refractivity contribution in [3.8, 4) is 0 Å². The third-order valence-electron chi connectivity index (χ3n) is 2.42. The summed E-state index contributed by atoms with van der Waals surface area (Å²) < 4.78 is 0. The molecule has 4 N–H and O–H groups in total. The number of nitrogen functional groups attached to an aromatic ring is 1. The van der Waals surface area contributed by atoms with E-state index in [2.05, 4.69) is 15.5 Å². The number of thiophene rings is 1. The maximum atomic E-state index is 11.9. The second kappa shape index (κ2) is 4.58. The lowest BCUT2D eigenvalue weighted by Gasteiger charge is -2.03. The molecule has 2 aromatic rings. The topological polar surface area (TPSA) is 83.8 Å². The Morgan fingerprint density at radius 1 is 1.53 bits per heavy atom. The van der Waals surface area contributed by atoms with Crippen molar-refractivity contribution >= 4 is 23.1 Å². The number of amides is 1. The molecule has 1 amide bonds. The van der Waals surface area contributed by atoms with Crippen LogP contribution in [0.25, 0.3) is 0 Å². The molecule has 0 fully saturated rings. The van der Waals surface area contributed by atoms with E-state index in [1.807, 2.05) is 19.1 Å². The lowest BCUT2D eigenvalue weighted by molar-refractivity contribution is 0.0951. The van der Waals surface area contributed by atoms with E-state index >= 15 is 0 Å². The Balaban J connectivity index is 2.03. The van der Waals surface area contributed by atoms with Gasteiger partial charge in [0.25, 0.3) is 5.91 Å². The second-order valence-electron chi connectivity index (χ2n) is 3.80. The molecule has 0 atom stereocenters. The molecule has 0 aliphatic carbocycles. The summed E-state index contributed by atoms with van der Waals surface area (Å²) in [6.45, 7) is 4.32. The van der Waals surface area contributed by atoms with Gasteiger partial charge in [-0.2, -0.15) is 5.10 Å². The highest BCUT2D eigenvalue weighted by molar-refractivity contribution is 7.11. The Hall–Kier alpha value is -1.82. The molecule has 0 radical (unpaired) electrons. The molecule has 0 unspecified atom stereocenters. The zero-order valence-corrected chi connectivity index (χ0v) is 10.5. The van der Waals surface area contributed by atoms with Crippen molar-refractivity contribution in [2.24, 2.45) is 0 Å². The number of anilines is 1. The van der Waals surface area contributed by atoms with Crippen LogP contribution in [0.3, 0.4) is 0 Å². The third-order valence-corrected chi connectivity index (χ3v) is 3.42. The lowest BCUT2D eigenvalue weighted by Crippen LogP contribution is -2.23. The van der Waals surface area contributed by atoms with Crippen molar-refractivity contribution < 1.29 is 4.79 Å². The van der Waals surface area contributed by atoms with Gasteiger partial charge >= 0.3 is 0 Å². The zero-order valence-electron chi connectivity index (χ0n) is 9.70. The number of aromatic amines is 1. The van der Waals surface area contributed by atoms with E-state index in [1.165, 1.54) is 4.88 Å². The fourth-order valence-electron chi connectivity index (χ4n) is 1.57. The summed E-state index contributed by atoms with van der Waals surface area (Å²) in [5, 5.41) is 9.31. The van der Waals surface area contributed by atoms with E-state index in [-0.39, 0.29) is 11.7 Å². The molecule has 0 spiro atoms. The van der Waals surface area contributed by atoms with Gasteiger partial charge in [0.15, 0.2) is 5.82 Å². The van der Waals surface area contributed by atoms with Crippen LogP contribution in [0.5, 0.6) is 0 Å². The molecule has 0 saturated heterocycles. The molecule has 0 aliphatic rings. The summed E-state index contributed by atoms with van der Waals surface area (Å²) in [6.07, 6.45) is 0. The summed E-state index contributed by atoms with van der Waals surface area (Å²) in [6, 6.07) is 4.04. The van der Waals surface area contributed by atoms with Crippen LogP contribution in [0.2, 0.25) is 0 Å². The Morgan fingerprint density at radius 3 is 2.82 bits per heavy atom. The number of hydrogen-bond donors (Lipinski definition) is 3. The summed E-state index contributed by atoms with van der Waals surface area (Å²) in [4.78, 5) is 14.2. The first kappa shape index (κ1) is 11.7. The first-order valence-electron chi connectivity index (χ1n) is 5.22. The van der Waals surface area contributed by atoms with Crippen LogP contribution in [0.15, 0.2) is 12.1 Å². The second-order valence-corrected chi connectivity index (χ2v) is 5.18. The zero-order chi connectivity index (χ0) is 12.4. The summed E-state index contributed by atoms with van der Waals surface area (Å²) >= 11 is 1.67. The van der Waals surface area contributed by atoms with Gasteiger partial charge in [-0.15, -0.1) is 11.3 Å². The van der Waals surface area contributed by atoms with Gasteiger partial charge in [0, 0.05) is 15.4 Å². The molecule has 2 aromatic heterocycles. The van der Waals surface area contributed by atoms with Crippen LogP contribution < -0.4 is 11.1 Å². The van der Waals surface area contributed by atoms with Gasteiger partial charge in [-0.3, -0.25) is 9.89 Å². The highest BCUT2D eigenvalue weighted by Crippen LogP contribution is 2.16. The van der Waals surface area contributed by atoms with Crippen molar-refractivity contribution in [2.75, 3.05) is 5.73 Å². The SMILES string of the molecule is Cc1ccc(CNC(=O)c2c(N)n[nH]c2C)s1. The summed E-state index contributed by atoms with van der Waals surface area (Å²) in [7, 11) is 0. The number of aromatic nitrogens is 2. The predicted octanol–water partition coefficient (Wildman–Crippen LogP) is 1.60. The van der Waals surface area contributed by atoms with Crippen molar-refractivity contribution in [2.45, 2.75) is 20.4 Å². The first-order chi connectivity index (χ1) is 8.08. The Labute approximate surface area is 103 Å². The minimum atomic E-state index is -0.195. The minimum absolute atomic E-state index is 0.195. The molecular weight excluding hydrogens is 236 g/mol. The first-order valence-corrected chi connectivity index (χ1v) is 6.03. The lowest BCUT2D eigenvalue weighted by atomic mass is 10.2. The number of nitrogens with two attached hydrogens (primary N) is 1. The Morgan fingerprint density at radius 2 is 2.29 bits per heavy atom. The quantitative estimate of drug-likeness (QED) is 0.773. The molecule has 5 nitrogen and oxygen atoms in total. The third kappa shape index (κ3) is 2.47. The maximum Gasteiger partial charge on any atom is 0.257 e. The predicted molar refractivity (Wildman–Crippen MR) is 68.0 cm³/mol. The number of hydrogen-bond acceptors (Lipinski definition) is 4. The Kier molecular flexibility index (Phi) is 3.14. The Bertz CT molecular complexity index is 524. The summed E-state index contributed by atoms with van der Waals surface area (Å²) in [5.74, 6) is 0.0437. The number of carbonyl (C=O) groups excluding carboxylic acids is 1. The fourth-order valence-corrected chi connectivity index (χ4v) is 2.40. The number of rotatable bonds is 3. The number of nitrogens with one attached hydrogen (secondary N) is 2. The number of aryl methyl sites for hydroxylation is 2. The molecule has 0 saturated carbocycles. The van der Waals surface area contributed by atoms with Gasteiger partial charge in [0.1, 0.15) is 5.56 Å². The van der Waals surface area contributed by atoms with E-state index in [0.717, 1.165) is 4.88 Å². The van der Waals surface area contributed by atoms with Crippen molar-refractivity contribution in [3.63, 3.8) is 0 Å². The van der Waals surface area contributed by atoms with Crippen molar-refractivity contribution in [1.82, 2.24) is 15.5 Å². The molecular formula is C11H14N4OS. The largest absolute Gasteiger partial charge is 0.382 e. The van der Waals surface area contributed by atoms with E-state index in [0.29, 0.717) is 17.8 Å². The maximum absolute atomic E-state index is 11.9. The van der Waals surface area contributed by atoms with Gasteiger partial charge < -0.3 is 11.1 Å². The standard InChI is InChI=1S/C11H14N4OS/c1-6-3-4-8(17-6)5-13-11(16)9-7(2)14-15-10(9)12/h3-4H,5H2,1-2H3,(H,13,16)(H3,12,14,15). The highest BCUT2D eigenvalue weighted by atomic mass is 32.1. The minimum Gasteiger partial charge on any atom is -0.382 e. The average Bonchev–Trinajstić information content (AvgIpc) is 2.83. The van der Waals surface area contributed by atoms with Crippen LogP contribution in [0, 0.1) is 13.8 Å². The normalized spacial score (nSPS) is 10.5. The summed E-state index contributed by atoms with van der Waals surface area (Å²) in [5.41, 5.74) is 6.73. The molecule has 90 valence electrons. The van der Waals surface area contributed by atoms with Crippen LogP contribution in [-0.2, 0) is 6.54 Å². The molecule has 0 bridgehead atoms. The van der Waals surface area contributed by atoms with Crippen LogP contribution in [-0.4, -0.2) is 16.1 Å². The van der Waals surface area contributed by atoms with Crippen LogP contribution in [0.1, 0.15) is 25.8 Å². The van der Waals surface area contributed by atoms with Crippen molar-refractivity contribution in [1.29, 1.82) is 0 Å². The van der Waals surface area contributed by atoms with Gasteiger partial charge in [-0.25, -0.2) is 0 Å².